The number of piperidine rings is 1. The van der Waals surface area contributed by atoms with Crippen LogP contribution in [0.15, 0.2) is 66.5 Å². The van der Waals surface area contributed by atoms with E-state index in [-0.39, 0.29) is 11.9 Å². The van der Waals surface area contributed by atoms with Crippen molar-refractivity contribution in [3.8, 4) is 17.4 Å². The van der Waals surface area contributed by atoms with Gasteiger partial charge in [-0.3, -0.25) is 5.32 Å². The number of benzene rings is 2. The fourth-order valence-electron chi connectivity index (χ4n) is 4.15. The number of rotatable bonds is 8. The fraction of sp³-hybridized carbons (Fsp3) is 0.321. The molecule has 0 spiro atoms. The van der Waals surface area contributed by atoms with Gasteiger partial charge in [0.25, 0.3) is 0 Å². The van der Waals surface area contributed by atoms with Gasteiger partial charge in [-0.1, -0.05) is 42.8 Å². The predicted octanol–water partition coefficient (Wildman–Crippen LogP) is 5.07. The molecule has 1 fully saturated rings. The highest BCUT2D eigenvalue weighted by Crippen LogP contribution is 2.26. The van der Waals surface area contributed by atoms with Crippen molar-refractivity contribution in [1.29, 1.82) is 0 Å². The molecule has 1 N–H and O–H groups in total. The minimum Gasteiger partial charge on any atom is -0.497 e. The van der Waals surface area contributed by atoms with E-state index in [2.05, 4.69) is 46.5 Å². The lowest BCUT2D eigenvalue weighted by Crippen LogP contribution is -2.42. The number of methoxy groups -OCH3 is 2. The summed E-state index contributed by atoms with van der Waals surface area (Å²) >= 11 is 0. The molecule has 36 heavy (non-hydrogen) atoms. The first-order valence-corrected chi connectivity index (χ1v) is 12.0. The monoisotopic (exact) mass is 488 g/mol. The highest BCUT2D eigenvalue weighted by atomic mass is 16.5. The number of nitrogens with one attached hydrogen (secondary N) is 1. The van der Waals surface area contributed by atoms with E-state index >= 15 is 0 Å². The Bertz CT molecular complexity index is 1200. The number of aromatic nitrogens is 2. The van der Waals surface area contributed by atoms with Crippen molar-refractivity contribution in [2.45, 2.75) is 19.8 Å². The third-order valence-corrected chi connectivity index (χ3v) is 6.16. The molecule has 3 aromatic rings. The summed E-state index contributed by atoms with van der Waals surface area (Å²) in [7, 11) is 3.20. The van der Waals surface area contributed by atoms with Gasteiger partial charge >= 0.3 is 6.03 Å². The van der Waals surface area contributed by atoms with Gasteiger partial charge in [0.05, 0.1) is 33.2 Å². The number of anilines is 1. The average molecular weight is 489 g/mol. The van der Waals surface area contributed by atoms with Crippen molar-refractivity contribution in [1.82, 2.24) is 14.9 Å². The van der Waals surface area contributed by atoms with E-state index in [1.807, 2.05) is 35.2 Å². The maximum atomic E-state index is 12.7. The maximum Gasteiger partial charge on any atom is 0.323 e. The second-order valence-corrected chi connectivity index (χ2v) is 8.71. The number of hydrogen-bond acceptors (Lipinski definition) is 6. The summed E-state index contributed by atoms with van der Waals surface area (Å²) in [5.41, 5.74) is 3.59. The maximum absolute atomic E-state index is 12.7. The van der Waals surface area contributed by atoms with Gasteiger partial charge in [0.2, 0.25) is 5.88 Å². The van der Waals surface area contributed by atoms with Crippen LogP contribution in [0, 0.1) is 5.92 Å². The van der Waals surface area contributed by atoms with Crippen LogP contribution < -0.4 is 19.5 Å². The zero-order valence-electron chi connectivity index (χ0n) is 20.9. The summed E-state index contributed by atoms with van der Waals surface area (Å²) in [5, 5.41) is 2.81. The van der Waals surface area contributed by atoms with E-state index in [9.17, 15) is 4.79 Å². The Morgan fingerprint density at radius 3 is 2.67 bits per heavy atom. The van der Waals surface area contributed by atoms with Crippen LogP contribution in [0.25, 0.3) is 6.08 Å². The van der Waals surface area contributed by atoms with Crippen LogP contribution in [0.2, 0.25) is 0 Å². The number of likely N-dealkylation sites (tertiary alicyclic amines) is 1. The van der Waals surface area contributed by atoms with Crippen molar-refractivity contribution in [3.63, 3.8) is 0 Å². The quantitative estimate of drug-likeness (QED) is 0.476. The van der Waals surface area contributed by atoms with E-state index < -0.39 is 0 Å². The Morgan fingerprint density at radius 2 is 1.92 bits per heavy atom. The minimum absolute atomic E-state index is 0.174. The van der Waals surface area contributed by atoms with Crippen molar-refractivity contribution < 1.29 is 19.0 Å². The molecule has 8 nitrogen and oxygen atoms in total. The molecule has 1 aliphatic rings. The third kappa shape index (κ3) is 6.75. The highest BCUT2D eigenvalue weighted by Gasteiger charge is 2.24. The summed E-state index contributed by atoms with van der Waals surface area (Å²) in [5.74, 6) is 2.74. The zero-order chi connectivity index (χ0) is 25.3. The number of carbonyl (C=O) groups is 1. The van der Waals surface area contributed by atoms with Gasteiger partial charge in [-0.15, -0.1) is 0 Å². The standard InChI is InChI=1S/C28H32N4O4/c1-20-19-32(28(33)31-26-17-30-27(35-3)18-29-26)12-10-23(20)14-22-7-5-9-25(16-22)36-13-11-21-6-4-8-24(15-21)34-2/h4-9,14-18,20H,10-13,19H2,1-3H3,(H,29,31,33)/b23-14+. The molecule has 0 aliphatic carbocycles. The van der Waals surface area contributed by atoms with E-state index in [1.165, 1.54) is 30.6 Å². The van der Waals surface area contributed by atoms with Crippen LogP contribution in [0.5, 0.6) is 17.4 Å². The first kappa shape index (κ1) is 25.0. The second-order valence-electron chi connectivity index (χ2n) is 8.71. The molecule has 4 rings (SSSR count). The molecule has 0 radical (unpaired) electrons. The predicted molar refractivity (Wildman–Crippen MR) is 140 cm³/mol. The van der Waals surface area contributed by atoms with Gasteiger partial charge in [-0.05, 0) is 47.7 Å². The summed E-state index contributed by atoms with van der Waals surface area (Å²) in [6.45, 7) is 4.01. The minimum atomic E-state index is -0.174. The van der Waals surface area contributed by atoms with Crippen LogP contribution in [0.1, 0.15) is 24.5 Å². The summed E-state index contributed by atoms with van der Waals surface area (Å²) < 4.78 is 16.3. The van der Waals surface area contributed by atoms with Gasteiger partial charge in [-0.2, -0.15) is 0 Å². The van der Waals surface area contributed by atoms with Crippen molar-refractivity contribution in [2.75, 3.05) is 39.2 Å². The molecule has 188 valence electrons. The number of nitrogens with zero attached hydrogens (tertiary/aromatic N) is 3. The molecular formula is C28H32N4O4. The van der Waals surface area contributed by atoms with E-state index in [0.29, 0.717) is 31.4 Å². The van der Waals surface area contributed by atoms with E-state index in [1.54, 1.807) is 7.11 Å². The second kappa shape index (κ2) is 12.1. The van der Waals surface area contributed by atoms with Crippen LogP contribution in [0.4, 0.5) is 10.6 Å². The summed E-state index contributed by atoms with van der Waals surface area (Å²) in [6.07, 6.45) is 6.79. The van der Waals surface area contributed by atoms with Crippen LogP contribution in [-0.2, 0) is 6.42 Å². The van der Waals surface area contributed by atoms with E-state index in [0.717, 1.165) is 29.9 Å². The molecule has 2 aromatic carbocycles. The van der Waals surface area contributed by atoms with Gasteiger partial charge in [0.1, 0.15) is 11.5 Å². The van der Waals surface area contributed by atoms with Crippen molar-refractivity contribution in [3.05, 3.63) is 77.6 Å². The molecule has 1 saturated heterocycles. The molecule has 0 saturated carbocycles. The van der Waals surface area contributed by atoms with Crippen LogP contribution >= 0.6 is 0 Å². The topological polar surface area (TPSA) is 85.8 Å². The SMILES string of the molecule is COc1cccc(CCOc2cccc(/C=C3\CCN(C(=O)Nc4cnc(OC)cn4)CC3C)c2)c1. The van der Waals surface area contributed by atoms with Crippen molar-refractivity contribution in [2.24, 2.45) is 5.92 Å². The van der Waals surface area contributed by atoms with Gasteiger partial charge in [0, 0.05) is 19.5 Å². The number of carbonyl (C=O) groups excluding carboxylic acids is 1. The van der Waals surface area contributed by atoms with Gasteiger partial charge in [-0.25, -0.2) is 14.8 Å². The van der Waals surface area contributed by atoms with Gasteiger partial charge in [0.15, 0.2) is 5.82 Å². The molecule has 0 bridgehead atoms. The lowest BCUT2D eigenvalue weighted by molar-refractivity contribution is 0.197. The molecule has 1 unspecified atom stereocenters. The molecule has 1 atom stereocenters. The lowest BCUT2D eigenvalue weighted by Gasteiger charge is -2.33. The Morgan fingerprint density at radius 1 is 1.08 bits per heavy atom. The van der Waals surface area contributed by atoms with Gasteiger partial charge < -0.3 is 19.1 Å². The highest BCUT2D eigenvalue weighted by molar-refractivity contribution is 5.88. The first-order valence-electron chi connectivity index (χ1n) is 12.0. The summed E-state index contributed by atoms with van der Waals surface area (Å²) in [6, 6.07) is 16.0. The first-order chi connectivity index (χ1) is 17.5. The fourth-order valence-corrected chi connectivity index (χ4v) is 4.15. The largest absolute Gasteiger partial charge is 0.497 e. The van der Waals surface area contributed by atoms with Crippen LogP contribution in [-0.4, -0.2) is 54.8 Å². The van der Waals surface area contributed by atoms with Crippen molar-refractivity contribution >= 4 is 17.9 Å². The van der Waals surface area contributed by atoms with Crippen LogP contribution in [0.3, 0.4) is 0 Å². The number of ether oxygens (including phenoxy) is 3. The third-order valence-electron chi connectivity index (χ3n) is 6.16. The molecule has 1 aliphatic heterocycles. The molecule has 8 heteroatoms. The molecule has 1 aromatic heterocycles. The lowest BCUT2D eigenvalue weighted by atomic mass is 9.91. The Labute approximate surface area is 211 Å². The smallest absolute Gasteiger partial charge is 0.323 e. The zero-order valence-corrected chi connectivity index (χ0v) is 20.9. The Kier molecular flexibility index (Phi) is 8.39. The summed E-state index contributed by atoms with van der Waals surface area (Å²) in [4.78, 5) is 22.7. The normalized spacial score (nSPS) is 16.5. The number of urea groups is 1. The molecule has 2 heterocycles. The Hall–Kier alpha value is -4.07. The average Bonchev–Trinajstić information content (AvgIpc) is 2.90. The number of amides is 2. The molecule has 2 amide bonds. The Balaban J connectivity index is 1.30. The van der Waals surface area contributed by atoms with E-state index in [4.69, 9.17) is 14.2 Å². The molecular weight excluding hydrogens is 456 g/mol. The number of hydrogen-bond donors (Lipinski definition) is 1.